The topological polar surface area (TPSA) is 42.5 Å². The van der Waals surface area contributed by atoms with Crippen LogP contribution in [0.3, 0.4) is 0 Å². The van der Waals surface area contributed by atoms with Crippen LogP contribution in [0.25, 0.3) is 71.7 Å². The van der Waals surface area contributed by atoms with Gasteiger partial charge in [0.2, 0.25) is 0 Å². The van der Waals surface area contributed by atoms with Crippen molar-refractivity contribution >= 4 is 49.5 Å². The predicted octanol–water partition coefficient (Wildman–Crippen LogP) is 13.2. The van der Waals surface area contributed by atoms with Crippen LogP contribution in [0, 0.1) is 11.8 Å². The van der Waals surface area contributed by atoms with Crippen molar-refractivity contribution in [3.63, 3.8) is 0 Å². The molecular formula is C52H39N3O. The third-order valence-corrected chi connectivity index (χ3v) is 11.7. The van der Waals surface area contributed by atoms with Gasteiger partial charge in [0.05, 0.1) is 11.0 Å². The lowest BCUT2D eigenvalue weighted by molar-refractivity contribution is 0.553. The van der Waals surface area contributed by atoms with Crippen LogP contribution in [0.4, 0.5) is 0 Å². The molecule has 0 spiro atoms. The third kappa shape index (κ3) is 5.48. The summed E-state index contributed by atoms with van der Waals surface area (Å²) in [5, 5.41) is 8.60. The van der Waals surface area contributed by atoms with Gasteiger partial charge in [-0.3, -0.25) is 4.99 Å². The molecule has 0 amide bonds. The number of fused-ring (bicyclic) bond motifs is 6. The summed E-state index contributed by atoms with van der Waals surface area (Å²) >= 11 is 0. The molecule has 3 heterocycles. The van der Waals surface area contributed by atoms with E-state index in [4.69, 9.17) is 9.41 Å². The Labute approximate surface area is 325 Å². The number of furan rings is 1. The van der Waals surface area contributed by atoms with Crippen LogP contribution in [-0.2, 0) is 0 Å². The third-order valence-electron chi connectivity index (χ3n) is 11.7. The number of aliphatic imine (C=N–C) groups is 1. The normalized spacial score (nSPS) is 19.2. The van der Waals surface area contributed by atoms with Crippen molar-refractivity contribution in [1.29, 1.82) is 0 Å². The van der Waals surface area contributed by atoms with Crippen molar-refractivity contribution in [2.45, 2.75) is 19.0 Å². The van der Waals surface area contributed by atoms with Gasteiger partial charge >= 0.3 is 0 Å². The summed E-state index contributed by atoms with van der Waals surface area (Å²) in [5.74, 6) is 0.579. The number of rotatable bonds is 6. The summed E-state index contributed by atoms with van der Waals surface area (Å²) in [6, 6.07) is 48.1. The second kappa shape index (κ2) is 13.4. The second-order valence-electron chi connectivity index (χ2n) is 15.0. The Balaban J connectivity index is 1.01. The van der Waals surface area contributed by atoms with Crippen molar-refractivity contribution in [3.05, 3.63) is 199 Å². The zero-order chi connectivity index (χ0) is 37.0. The first kappa shape index (κ1) is 32.5. The lowest BCUT2D eigenvalue weighted by atomic mass is 9.89. The van der Waals surface area contributed by atoms with Crippen molar-refractivity contribution in [2.75, 3.05) is 0 Å². The molecule has 3 unspecified atom stereocenters. The van der Waals surface area contributed by atoms with Crippen LogP contribution in [-0.4, -0.2) is 10.3 Å². The average Bonchev–Trinajstić information content (AvgIpc) is 3.83. The minimum Gasteiger partial charge on any atom is -0.455 e. The van der Waals surface area contributed by atoms with Crippen LogP contribution in [0.5, 0.6) is 0 Å². The van der Waals surface area contributed by atoms with Gasteiger partial charge in [-0.2, -0.15) is 0 Å². The molecule has 0 saturated heterocycles. The molecule has 3 atom stereocenters. The van der Waals surface area contributed by atoms with Crippen LogP contribution < -0.4 is 5.32 Å². The minimum atomic E-state index is -0.183. The fraction of sp³-hybridized carbons (Fsp3) is 0.0962. The van der Waals surface area contributed by atoms with Crippen molar-refractivity contribution in [3.8, 4) is 27.9 Å². The van der Waals surface area contributed by atoms with Crippen molar-refractivity contribution in [2.24, 2.45) is 16.8 Å². The fourth-order valence-electron chi connectivity index (χ4n) is 8.92. The first-order valence-corrected chi connectivity index (χ1v) is 19.6. The van der Waals surface area contributed by atoms with Crippen LogP contribution in [0.1, 0.15) is 24.6 Å². The molecule has 0 bridgehead atoms. The van der Waals surface area contributed by atoms with Gasteiger partial charge in [0.25, 0.3) is 0 Å². The Hall–Kier alpha value is -6.91. The fourth-order valence-corrected chi connectivity index (χ4v) is 8.92. The molecule has 3 aliphatic rings. The monoisotopic (exact) mass is 721 g/mol. The van der Waals surface area contributed by atoms with Gasteiger partial charge in [-0.05, 0) is 65.9 Å². The summed E-state index contributed by atoms with van der Waals surface area (Å²) in [6.45, 7) is 0. The summed E-state index contributed by atoms with van der Waals surface area (Å²) in [5.41, 5.74) is 13.4. The van der Waals surface area contributed by atoms with E-state index >= 15 is 0 Å². The van der Waals surface area contributed by atoms with Crippen LogP contribution >= 0.6 is 0 Å². The molecule has 4 nitrogen and oxygen atoms in total. The molecule has 0 fully saturated rings. The molecule has 2 aromatic heterocycles. The number of hydrogen-bond acceptors (Lipinski definition) is 3. The highest BCUT2D eigenvalue weighted by Crippen LogP contribution is 2.41. The Kier molecular flexibility index (Phi) is 7.80. The minimum absolute atomic E-state index is 0.183. The van der Waals surface area contributed by atoms with E-state index in [1.807, 2.05) is 12.1 Å². The molecule has 4 heteroatoms. The van der Waals surface area contributed by atoms with Gasteiger partial charge < -0.3 is 14.3 Å². The Morgan fingerprint density at radius 2 is 1.30 bits per heavy atom. The quantitative estimate of drug-likeness (QED) is 0.186. The van der Waals surface area contributed by atoms with Crippen molar-refractivity contribution < 1.29 is 4.42 Å². The largest absolute Gasteiger partial charge is 0.455 e. The number of hydrogen-bond donors (Lipinski definition) is 1. The maximum Gasteiger partial charge on any atom is 0.144 e. The smallest absolute Gasteiger partial charge is 0.144 e. The van der Waals surface area contributed by atoms with E-state index in [9.17, 15) is 0 Å². The molecule has 56 heavy (non-hydrogen) atoms. The van der Waals surface area contributed by atoms with E-state index < -0.39 is 0 Å². The molecule has 268 valence electrons. The van der Waals surface area contributed by atoms with Gasteiger partial charge in [0.15, 0.2) is 0 Å². The van der Waals surface area contributed by atoms with E-state index in [1.54, 1.807) is 0 Å². The first-order valence-electron chi connectivity index (χ1n) is 19.6. The van der Waals surface area contributed by atoms with E-state index in [-0.39, 0.29) is 12.1 Å². The maximum absolute atomic E-state index is 6.42. The molecule has 1 N–H and O–H groups in total. The number of nitrogens with zero attached hydrogens (tertiary/aromatic N) is 2. The number of allylic oxidation sites excluding steroid dienone is 9. The summed E-state index contributed by atoms with van der Waals surface area (Å²) in [4.78, 5) is 5.37. The number of para-hydroxylation sites is 4. The number of aromatic nitrogens is 1. The molecule has 11 rings (SSSR count). The standard InChI is InChI=1S/C52H39N3O/c1-3-14-35(15-4-1)46-33-47(36-16-5-2-6-17-36)54-52(53-46)38-19-11-18-37(32-38)40-22-12-24-44-42-20-7-9-26-48(42)55(50(40)44)39-30-28-34(29-31-39)41-23-13-25-45-43-21-8-10-27-49(43)56-51(41)45/h1-14,16,18-33,35-36,52-53H,15,17H2. The predicted molar refractivity (Wildman–Crippen MR) is 233 cm³/mol. The van der Waals surface area contributed by atoms with E-state index in [0.717, 1.165) is 62.9 Å². The molecule has 6 aromatic carbocycles. The van der Waals surface area contributed by atoms with Crippen molar-refractivity contribution in [1.82, 2.24) is 9.88 Å². The highest BCUT2D eigenvalue weighted by atomic mass is 16.3. The van der Waals surface area contributed by atoms with Gasteiger partial charge in [-0.1, -0.05) is 152 Å². The Morgan fingerprint density at radius 1 is 0.589 bits per heavy atom. The summed E-state index contributed by atoms with van der Waals surface area (Å²) in [6.07, 6.45) is 21.7. The van der Waals surface area contributed by atoms with Crippen LogP contribution in [0.2, 0.25) is 0 Å². The molecule has 0 saturated carbocycles. The first-order chi connectivity index (χ1) is 27.8. The van der Waals surface area contributed by atoms with E-state index in [0.29, 0.717) is 5.92 Å². The van der Waals surface area contributed by atoms with Crippen LogP contribution in [0.15, 0.2) is 203 Å². The second-order valence-corrected chi connectivity index (χ2v) is 15.0. The highest BCUT2D eigenvalue weighted by molar-refractivity contribution is 6.14. The Bertz CT molecular complexity index is 3020. The number of benzene rings is 6. The highest BCUT2D eigenvalue weighted by Gasteiger charge is 2.26. The summed E-state index contributed by atoms with van der Waals surface area (Å²) in [7, 11) is 0. The summed E-state index contributed by atoms with van der Waals surface area (Å²) < 4.78 is 8.85. The molecule has 0 radical (unpaired) electrons. The zero-order valence-corrected chi connectivity index (χ0v) is 30.8. The number of nitrogens with one attached hydrogen (secondary N) is 1. The van der Waals surface area contributed by atoms with Gasteiger partial charge in [-0.25, -0.2) is 0 Å². The SMILES string of the molecule is C1=CCC(C2=CC(C3C=CC=CC3)=NC(c3cccc(-c4cccc5c6ccccc6n(-c6ccc(-c7cccc8c7oc7ccccc78)cc6)c45)c3)N2)C=C1. The Morgan fingerprint density at radius 3 is 2.12 bits per heavy atom. The van der Waals surface area contributed by atoms with Gasteiger partial charge in [0.1, 0.15) is 17.3 Å². The van der Waals surface area contributed by atoms with Gasteiger partial charge in [-0.15, -0.1) is 0 Å². The maximum atomic E-state index is 6.42. The molecular weight excluding hydrogens is 683 g/mol. The van der Waals surface area contributed by atoms with E-state index in [2.05, 4.69) is 186 Å². The lowest BCUT2D eigenvalue weighted by Gasteiger charge is -2.30. The van der Waals surface area contributed by atoms with E-state index in [1.165, 1.54) is 38.6 Å². The zero-order valence-electron chi connectivity index (χ0n) is 30.8. The average molecular weight is 722 g/mol. The molecule has 2 aliphatic carbocycles. The molecule has 1 aliphatic heterocycles. The molecule has 8 aromatic rings. The van der Waals surface area contributed by atoms with Gasteiger partial charge in [0, 0.05) is 61.6 Å². The lowest BCUT2D eigenvalue weighted by Crippen LogP contribution is -2.31.